The van der Waals surface area contributed by atoms with Crippen LogP contribution in [0.5, 0.6) is 5.75 Å². The molecule has 14 heteroatoms. The number of nitrogens with two attached hydrogens (primary N) is 1. The van der Waals surface area contributed by atoms with Gasteiger partial charge in [0.1, 0.15) is 18.2 Å². The van der Waals surface area contributed by atoms with E-state index in [0.29, 0.717) is 27.8 Å². The van der Waals surface area contributed by atoms with E-state index in [1.807, 2.05) is 0 Å². The number of anilines is 1. The normalized spacial score (nSPS) is 23.1. The second kappa shape index (κ2) is 10.5. The van der Waals surface area contributed by atoms with Crippen molar-refractivity contribution >= 4 is 40.4 Å². The monoisotopic (exact) mass is 530 g/mol. The number of imidazole rings is 1. The predicted octanol–water partition coefficient (Wildman–Crippen LogP) is 0.0345. The molecule has 2 aliphatic heterocycles. The van der Waals surface area contributed by atoms with Gasteiger partial charge < -0.3 is 35.8 Å². The first-order valence-corrected chi connectivity index (χ1v) is 12.2. The summed E-state index contributed by atoms with van der Waals surface area (Å²) in [4.78, 5) is 39.0. The number of amides is 2. The fraction of sp³-hybridized carbons (Fsp3) is 0.435. The summed E-state index contributed by atoms with van der Waals surface area (Å²) >= 11 is 6.21. The molecule has 0 spiro atoms. The van der Waals surface area contributed by atoms with Gasteiger partial charge in [-0.3, -0.25) is 14.2 Å². The summed E-state index contributed by atoms with van der Waals surface area (Å²) < 4.78 is 13.1. The molecule has 4 heterocycles. The van der Waals surface area contributed by atoms with E-state index in [2.05, 4.69) is 25.6 Å². The number of fused-ring (bicyclic) bond motifs is 1. The van der Waals surface area contributed by atoms with Crippen molar-refractivity contribution in [2.45, 2.75) is 37.4 Å². The second-order valence-electron chi connectivity index (χ2n) is 8.80. The summed E-state index contributed by atoms with van der Waals surface area (Å²) in [6, 6.07) is 4.25. The number of ether oxygens (including phenoxy) is 2. The molecule has 0 aliphatic carbocycles. The molecule has 0 unspecified atom stereocenters. The molecule has 2 amide bonds. The molecular weight excluding hydrogens is 504 g/mol. The zero-order valence-corrected chi connectivity index (χ0v) is 20.8. The lowest BCUT2D eigenvalue weighted by atomic mass is 10.1. The van der Waals surface area contributed by atoms with Crippen LogP contribution in [-0.4, -0.2) is 86.3 Å². The first kappa shape index (κ1) is 25.1. The number of halogens is 1. The van der Waals surface area contributed by atoms with Crippen LogP contribution in [0.2, 0.25) is 5.02 Å². The van der Waals surface area contributed by atoms with Crippen LogP contribution in [0.4, 0.5) is 5.82 Å². The van der Waals surface area contributed by atoms with Crippen molar-refractivity contribution in [2.24, 2.45) is 5.73 Å². The van der Waals surface area contributed by atoms with Gasteiger partial charge in [0.25, 0.3) is 11.8 Å². The number of rotatable bonds is 8. The number of aromatic nitrogens is 4. The van der Waals surface area contributed by atoms with Gasteiger partial charge in [-0.25, -0.2) is 15.0 Å². The van der Waals surface area contributed by atoms with Gasteiger partial charge in [-0.2, -0.15) is 0 Å². The molecule has 37 heavy (non-hydrogen) atoms. The van der Waals surface area contributed by atoms with Crippen LogP contribution in [0.25, 0.3) is 11.2 Å². The molecule has 13 nitrogen and oxygen atoms in total. The minimum absolute atomic E-state index is 0.0559. The first-order valence-electron chi connectivity index (χ1n) is 11.8. The minimum Gasteiger partial charge on any atom is -0.483 e. The molecule has 5 rings (SSSR count). The number of carbonyl (C=O) groups excluding carboxylic acids is 2. The summed E-state index contributed by atoms with van der Waals surface area (Å²) in [5.74, 6) is 0.462. The summed E-state index contributed by atoms with van der Waals surface area (Å²) in [6.45, 7) is 1.74. The molecule has 2 saturated heterocycles. The van der Waals surface area contributed by atoms with Crippen molar-refractivity contribution < 1.29 is 24.2 Å². The maximum atomic E-state index is 12.2. The number of likely N-dealkylation sites (N-methyl/N-ethyl adjacent to an activating group) is 1. The maximum absolute atomic E-state index is 12.2. The lowest BCUT2D eigenvalue weighted by molar-refractivity contribution is -0.136. The van der Waals surface area contributed by atoms with Gasteiger partial charge >= 0.3 is 0 Å². The van der Waals surface area contributed by atoms with Crippen LogP contribution in [0.1, 0.15) is 18.2 Å². The van der Waals surface area contributed by atoms with Gasteiger partial charge in [0.15, 0.2) is 35.9 Å². The number of carbonyl (C=O) groups is 2. The van der Waals surface area contributed by atoms with Gasteiger partial charge in [-0.1, -0.05) is 11.6 Å². The van der Waals surface area contributed by atoms with E-state index in [0.717, 1.165) is 25.1 Å². The van der Waals surface area contributed by atoms with Crippen LogP contribution in [-0.2, 0) is 20.9 Å². The fourth-order valence-corrected chi connectivity index (χ4v) is 4.46. The average Bonchev–Trinajstić information content (AvgIpc) is 3.41. The second-order valence-corrected chi connectivity index (χ2v) is 9.24. The Morgan fingerprint density at radius 3 is 2.84 bits per heavy atom. The van der Waals surface area contributed by atoms with Crippen LogP contribution in [0.3, 0.4) is 0 Å². The third kappa shape index (κ3) is 4.90. The van der Waals surface area contributed by atoms with Crippen LogP contribution in [0, 0.1) is 0 Å². The fourth-order valence-electron chi connectivity index (χ4n) is 4.27. The Bertz CT molecular complexity index is 1320. The number of hydrogen-bond donors (Lipinski definition) is 4. The highest BCUT2D eigenvalue weighted by molar-refractivity contribution is 6.30. The molecule has 4 atom stereocenters. The topological polar surface area (TPSA) is 170 Å². The third-order valence-electron chi connectivity index (χ3n) is 6.49. The van der Waals surface area contributed by atoms with E-state index < -0.39 is 30.4 Å². The molecule has 5 N–H and O–H groups in total. The van der Waals surface area contributed by atoms with Gasteiger partial charge in [0.2, 0.25) is 0 Å². The summed E-state index contributed by atoms with van der Waals surface area (Å²) in [5, 5.41) is 16.8. The third-order valence-corrected chi connectivity index (χ3v) is 6.72. The maximum Gasteiger partial charge on any atom is 0.260 e. The molecule has 196 valence electrons. The number of benzene rings is 1. The van der Waals surface area contributed by atoms with Crippen molar-refractivity contribution in [1.82, 2.24) is 29.7 Å². The SMILES string of the molecule is CNC(=O)[C@H]1O[C@@H](n2cnc3c(NCc4cc(Cl)ccc4OCC(=O)N4CCC4)ncnc32)[C@H](O)[C@@H]1N. The number of nitrogens with one attached hydrogen (secondary N) is 2. The van der Waals surface area contributed by atoms with Crippen molar-refractivity contribution in [1.29, 1.82) is 0 Å². The Morgan fingerprint density at radius 2 is 2.11 bits per heavy atom. The number of aliphatic hydroxyl groups excluding tert-OH is 1. The highest BCUT2D eigenvalue weighted by Gasteiger charge is 2.46. The number of aliphatic hydroxyl groups is 1. The highest BCUT2D eigenvalue weighted by atomic mass is 35.5. The number of hydrogen-bond acceptors (Lipinski definition) is 10. The Kier molecular flexibility index (Phi) is 7.11. The van der Waals surface area contributed by atoms with Crippen molar-refractivity contribution in [3.8, 4) is 5.75 Å². The first-order chi connectivity index (χ1) is 17.9. The van der Waals surface area contributed by atoms with Crippen molar-refractivity contribution in [3.63, 3.8) is 0 Å². The molecule has 2 fully saturated rings. The Balaban J connectivity index is 1.33. The van der Waals surface area contributed by atoms with Crippen molar-refractivity contribution in [2.75, 3.05) is 32.1 Å². The van der Waals surface area contributed by atoms with Crippen molar-refractivity contribution in [3.05, 3.63) is 41.4 Å². The van der Waals surface area contributed by atoms with Gasteiger partial charge in [-0.15, -0.1) is 0 Å². The van der Waals surface area contributed by atoms with E-state index in [4.69, 9.17) is 26.8 Å². The van der Waals surface area contributed by atoms with Crippen LogP contribution < -0.4 is 21.1 Å². The van der Waals surface area contributed by atoms with Gasteiger partial charge in [-0.05, 0) is 24.6 Å². The van der Waals surface area contributed by atoms with E-state index in [-0.39, 0.29) is 19.1 Å². The molecule has 1 aromatic carbocycles. The Labute approximate surface area is 216 Å². The molecule has 2 aromatic heterocycles. The van der Waals surface area contributed by atoms with Crippen LogP contribution in [0.15, 0.2) is 30.9 Å². The van der Waals surface area contributed by atoms with Crippen LogP contribution >= 0.6 is 11.6 Å². The zero-order valence-electron chi connectivity index (χ0n) is 20.0. The highest BCUT2D eigenvalue weighted by Crippen LogP contribution is 2.32. The van der Waals surface area contributed by atoms with E-state index in [1.54, 1.807) is 23.1 Å². The predicted molar refractivity (Wildman–Crippen MR) is 133 cm³/mol. The lowest BCUT2D eigenvalue weighted by Crippen LogP contribution is -2.46. The largest absolute Gasteiger partial charge is 0.483 e. The average molecular weight is 531 g/mol. The van der Waals surface area contributed by atoms with Gasteiger partial charge in [0.05, 0.1) is 12.4 Å². The zero-order chi connectivity index (χ0) is 26.1. The van der Waals surface area contributed by atoms with E-state index >= 15 is 0 Å². The summed E-state index contributed by atoms with van der Waals surface area (Å²) in [6.07, 6.45) is 0.682. The van der Waals surface area contributed by atoms with Gasteiger partial charge in [0, 0.05) is 37.3 Å². The van der Waals surface area contributed by atoms with E-state index in [1.165, 1.54) is 24.3 Å². The smallest absolute Gasteiger partial charge is 0.260 e. The lowest BCUT2D eigenvalue weighted by Gasteiger charge is -2.30. The molecular formula is C23H27ClN8O5. The minimum atomic E-state index is -1.16. The summed E-state index contributed by atoms with van der Waals surface area (Å²) in [5.41, 5.74) is 7.55. The number of nitrogens with zero attached hydrogens (tertiary/aromatic N) is 5. The molecule has 0 saturated carbocycles. The molecule has 0 bridgehead atoms. The molecule has 3 aromatic rings. The molecule has 2 aliphatic rings. The quantitative estimate of drug-likeness (QED) is 0.311. The number of likely N-dealkylation sites (tertiary alicyclic amines) is 1. The Hall–Kier alpha value is -3.52. The summed E-state index contributed by atoms with van der Waals surface area (Å²) in [7, 11) is 1.47. The molecule has 0 radical (unpaired) electrons. The van der Waals surface area contributed by atoms with E-state index in [9.17, 15) is 14.7 Å². The Morgan fingerprint density at radius 1 is 1.30 bits per heavy atom. The standard InChI is InChI=1S/C23H27ClN8O5/c1-26-22(35)19-16(25)18(34)23(37-19)32-11-30-17-20(28-10-29-21(17)32)27-8-12-7-13(24)3-4-14(12)36-9-15(33)31-5-2-6-31/h3-4,7,10-11,16,18-19,23,34H,2,5-6,8-9,25H2,1H3,(H,26,35)(H,27,28,29)/t16-,18+,19-,23+/m0/s1.